The molecule has 0 radical (unpaired) electrons. The number of piperidine rings is 1. The van der Waals surface area contributed by atoms with Crippen LogP contribution in [-0.4, -0.2) is 24.6 Å². The van der Waals surface area contributed by atoms with Gasteiger partial charge in [0.15, 0.2) is 0 Å². The monoisotopic (exact) mass is 267 g/mol. The lowest BCUT2D eigenvalue weighted by Gasteiger charge is -2.36. The van der Waals surface area contributed by atoms with Gasteiger partial charge in [0.1, 0.15) is 5.82 Å². The zero-order valence-electron chi connectivity index (χ0n) is 11.2. The van der Waals surface area contributed by atoms with Crippen molar-refractivity contribution in [2.45, 2.75) is 45.2 Å². The van der Waals surface area contributed by atoms with Crippen LogP contribution in [-0.2, 0) is 6.54 Å². The Bertz CT molecular complexity index is 395. The first-order valence-corrected chi connectivity index (χ1v) is 7.19. The summed E-state index contributed by atoms with van der Waals surface area (Å²) in [5.41, 5.74) is 1.13. The maximum atomic E-state index is 6.16. The number of halogens is 1. The molecule has 0 aromatic carbocycles. The van der Waals surface area contributed by atoms with Crippen LogP contribution in [0.5, 0.6) is 0 Å². The van der Waals surface area contributed by atoms with Gasteiger partial charge in [-0.15, -0.1) is 0 Å². The van der Waals surface area contributed by atoms with Crippen molar-refractivity contribution in [1.82, 2.24) is 10.3 Å². The van der Waals surface area contributed by atoms with Gasteiger partial charge in [-0.25, -0.2) is 4.98 Å². The lowest BCUT2D eigenvalue weighted by atomic mass is 10.00. The largest absolute Gasteiger partial charge is 0.354 e. The number of hydrogen-bond acceptors (Lipinski definition) is 3. The first-order valence-electron chi connectivity index (χ1n) is 6.82. The van der Waals surface area contributed by atoms with Crippen molar-refractivity contribution >= 4 is 17.4 Å². The molecule has 1 saturated heterocycles. The number of hydrogen-bond donors (Lipinski definition) is 1. The number of nitrogens with one attached hydrogen (secondary N) is 1. The molecule has 3 nitrogen and oxygen atoms in total. The average Bonchev–Trinajstić information content (AvgIpc) is 2.41. The third-order valence-corrected chi connectivity index (χ3v) is 4.02. The molecule has 18 heavy (non-hydrogen) atoms. The highest BCUT2D eigenvalue weighted by molar-refractivity contribution is 6.31. The van der Waals surface area contributed by atoms with Crippen LogP contribution in [0.2, 0.25) is 5.02 Å². The molecule has 2 heterocycles. The highest BCUT2D eigenvalue weighted by atomic mass is 35.5. The lowest BCUT2D eigenvalue weighted by molar-refractivity contribution is 0.446. The van der Waals surface area contributed by atoms with E-state index >= 15 is 0 Å². The topological polar surface area (TPSA) is 28.2 Å². The summed E-state index contributed by atoms with van der Waals surface area (Å²) in [6.07, 6.45) is 6.85. The predicted octanol–water partition coefficient (Wildman–Crippen LogP) is 3.22. The SMILES string of the molecule is CCC1CCCCN1c1cc(CNC)c(Cl)cn1. The first kappa shape index (κ1) is 13.6. The minimum atomic E-state index is 0.634. The van der Waals surface area contributed by atoms with E-state index in [1.165, 1.54) is 25.7 Å². The molecule has 1 aliphatic heterocycles. The Hall–Kier alpha value is -0.800. The second kappa shape index (κ2) is 6.39. The number of anilines is 1. The molecule has 1 N–H and O–H groups in total. The molecule has 100 valence electrons. The van der Waals surface area contributed by atoms with E-state index in [2.05, 4.69) is 28.2 Å². The second-order valence-corrected chi connectivity index (χ2v) is 5.32. The minimum Gasteiger partial charge on any atom is -0.354 e. The zero-order valence-corrected chi connectivity index (χ0v) is 12.0. The fraction of sp³-hybridized carbons (Fsp3) is 0.643. The van der Waals surface area contributed by atoms with Crippen molar-refractivity contribution in [1.29, 1.82) is 0 Å². The van der Waals surface area contributed by atoms with Crippen LogP contribution >= 0.6 is 11.6 Å². The molecule has 1 aromatic rings. The Morgan fingerprint density at radius 3 is 3.06 bits per heavy atom. The van der Waals surface area contributed by atoms with Gasteiger partial charge in [-0.2, -0.15) is 0 Å². The van der Waals surface area contributed by atoms with E-state index in [1.807, 2.05) is 7.05 Å². The van der Waals surface area contributed by atoms with Crippen molar-refractivity contribution in [3.8, 4) is 0 Å². The van der Waals surface area contributed by atoms with E-state index < -0.39 is 0 Å². The molecule has 0 spiro atoms. The molecule has 1 fully saturated rings. The van der Waals surface area contributed by atoms with Crippen LogP contribution < -0.4 is 10.2 Å². The molecule has 2 rings (SSSR count). The van der Waals surface area contributed by atoms with E-state index in [9.17, 15) is 0 Å². The Labute approximate surface area is 115 Å². The molecule has 1 unspecified atom stereocenters. The summed E-state index contributed by atoms with van der Waals surface area (Å²) < 4.78 is 0. The zero-order chi connectivity index (χ0) is 13.0. The molecular weight excluding hydrogens is 246 g/mol. The van der Waals surface area contributed by atoms with Crippen molar-refractivity contribution in [2.75, 3.05) is 18.5 Å². The van der Waals surface area contributed by atoms with Gasteiger partial charge in [0.2, 0.25) is 0 Å². The normalized spacial score (nSPS) is 20.2. The minimum absolute atomic E-state index is 0.634. The van der Waals surface area contributed by atoms with Crippen molar-refractivity contribution in [3.05, 3.63) is 22.8 Å². The average molecular weight is 268 g/mol. The summed E-state index contributed by atoms with van der Waals surface area (Å²) in [7, 11) is 1.94. The van der Waals surface area contributed by atoms with Gasteiger partial charge >= 0.3 is 0 Å². The van der Waals surface area contributed by atoms with Crippen LogP contribution in [0.3, 0.4) is 0 Å². The van der Waals surface area contributed by atoms with Gasteiger partial charge in [0.05, 0.1) is 5.02 Å². The third-order valence-electron chi connectivity index (χ3n) is 3.68. The van der Waals surface area contributed by atoms with E-state index in [0.717, 1.165) is 29.5 Å². The molecule has 0 aliphatic carbocycles. The van der Waals surface area contributed by atoms with Gasteiger partial charge in [-0.05, 0) is 44.4 Å². The predicted molar refractivity (Wildman–Crippen MR) is 77.3 cm³/mol. The summed E-state index contributed by atoms with van der Waals surface area (Å²) >= 11 is 6.16. The quantitative estimate of drug-likeness (QED) is 0.908. The smallest absolute Gasteiger partial charge is 0.129 e. The lowest BCUT2D eigenvalue weighted by Crippen LogP contribution is -2.39. The van der Waals surface area contributed by atoms with Crippen LogP contribution in [0, 0.1) is 0 Å². The summed E-state index contributed by atoms with van der Waals surface area (Å²) in [5.74, 6) is 1.08. The van der Waals surface area contributed by atoms with Crippen molar-refractivity contribution in [3.63, 3.8) is 0 Å². The first-order chi connectivity index (χ1) is 8.76. The fourth-order valence-electron chi connectivity index (χ4n) is 2.68. The Morgan fingerprint density at radius 1 is 1.50 bits per heavy atom. The molecule has 1 atom stereocenters. The maximum absolute atomic E-state index is 6.16. The Kier molecular flexibility index (Phi) is 4.84. The molecule has 4 heteroatoms. The van der Waals surface area contributed by atoms with Gasteiger partial charge in [0.25, 0.3) is 0 Å². The van der Waals surface area contributed by atoms with Gasteiger partial charge in [0, 0.05) is 25.3 Å². The van der Waals surface area contributed by atoms with Crippen molar-refractivity contribution < 1.29 is 0 Å². The van der Waals surface area contributed by atoms with E-state index in [4.69, 9.17) is 11.6 Å². The van der Waals surface area contributed by atoms with E-state index in [0.29, 0.717) is 6.04 Å². The molecule has 0 bridgehead atoms. The number of aromatic nitrogens is 1. The summed E-state index contributed by atoms with van der Waals surface area (Å²) in [5, 5.41) is 3.90. The summed E-state index contributed by atoms with van der Waals surface area (Å²) in [6.45, 7) is 4.17. The van der Waals surface area contributed by atoms with Crippen LogP contribution in [0.15, 0.2) is 12.3 Å². The molecule has 1 aliphatic rings. The summed E-state index contributed by atoms with van der Waals surface area (Å²) in [6, 6.07) is 2.77. The highest BCUT2D eigenvalue weighted by Crippen LogP contribution is 2.27. The number of rotatable bonds is 4. The number of pyridine rings is 1. The molecule has 0 amide bonds. The molecule has 1 aromatic heterocycles. The Balaban J connectivity index is 2.23. The molecule has 0 saturated carbocycles. The third kappa shape index (κ3) is 2.96. The van der Waals surface area contributed by atoms with Gasteiger partial charge in [-0.3, -0.25) is 0 Å². The van der Waals surface area contributed by atoms with Gasteiger partial charge in [-0.1, -0.05) is 18.5 Å². The van der Waals surface area contributed by atoms with E-state index in [-0.39, 0.29) is 0 Å². The van der Waals surface area contributed by atoms with Gasteiger partial charge < -0.3 is 10.2 Å². The Morgan fingerprint density at radius 2 is 2.33 bits per heavy atom. The van der Waals surface area contributed by atoms with Crippen LogP contribution in [0.4, 0.5) is 5.82 Å². The highest BCUT2D eigenvalue weighted by Gasteiger charge is 2.22. The second-order valence-electron chi connectivity index (χ2n) is 4.92. The molecular formula is C14H22ClN3. The van der Waals surface area contributed by atoms with E-state index in [1.54, 1.807) is 6.20 Å². The van der Waals surface area contributed by atoms with Crippen LogP contribution in [0.1, 0.15) is 38.2 Å². The standard InChI is InChI=1S/C14H22ClN3/c1-3-12-6-4-5-7-18(12)14-8-11(9-16-2)13(15)10-17-14/h8,10,12,16H,3-7,9H2,1-2H3. The van der Waals surface area contributed by atoms with Crippen molar-refractivity contribution in [2.24, 2.45) is 0 Å². The number of nitrogens with zero attached hydrogens (tertiary/aromatic N) is 2. The van der Waals surface area contributed by atoms with Crippen LogP contribution in [0.25, 0.3) is 0 Å². The maximum Gasteiger partial charge on any atom is 0.129 e. The summed E-state index contributed by atoms with van der Waals surface area (Å²) in [4.78, 5) is 6.95. The fourth-order valence-corrected chi connectivity index (χ4v) is 2.85.